The maximum atomic E-state index is 9.46. The van der Waals surface area contributed by atoms with Gasteiger partial charge in [-0.25, -0.2) is 4.99 Å². The third kappa shape index (κ3) is 5.77. The molecule has 2 fully saturated rings. The summed E-state index contributed by atoms with van der Waals surface area (Å²) in [7, 11) is 3.81. The first-order valence-corrected chi connectivity index (χ1v) is 12.6. The highest BCUT2D eigenvalue weighted by Crippen LogP contribution is 2.31. The molecule has 0 aromatic heterocycles. The van der Waals surface area contributed by atoms with Crippen LogP contribution in [0.2, 0.25) is 0 Å². The Morgan fingerprint density at radius 1 is 1.03 bits per heavy atom. The van der Waals surface area contributed by atoms with E-state index in [1.807, 2.05) is 31.2 Å². The number of hydrogen-bond acceptors (Lipinski definition) is 3. The fourth-order valence-corrected chi connectivity index (χ4v) is 4.69. The van der Waals surface area contributed by atoms with Crippen molar-refractivity contribution in [3.05, 3.63) is 76.5 Å². The van der Waals surface area contributed by atoms with Gasteiger partial charge in [-0.1, -0.05) is 23.8 Å². The fraction of sp³-hybridized carbons (Fsp3) is 0.400. The molecule has 2 aromatic rings. The number of nitrogens with zero attached hydrogens (tertiary/aromatic N) is 4. The number of aliphatic imine (C=N–C) groups is 1. The largest absolute Gasteiger partial charge is 0.497 e. The predicted molar refractivity (Wildman–Crippen MR) is 144 cm³/mol. The number of piperidine rings is 1. The van der Waals surface area contributed by atoms with Crippen LogP contribution in [0.25, 0.3) is 11.3 Å². The highest BCUT2D eigenvalue weighted by Gasteiger charge is 2.21. The fourth-order valence-electron chi connectivity index (χ4n) is 4.69. The van der Waals surface area contributed by atoms with E-state index in [1.165, 1.54) is 44.1 Å². The first kappa shape index (κ1) is 24.6. The van der Waals surface area contributed by atoms with Gasteiger partial charge in [-0.15, -0.1) is 0 Å². The zero-order valence-corrected chi connectivity index (χ0v) is 21.5. The van der Waals surface area contributed by atoms with Crippen molar-refractivity contribution in [1.29, 1.82) is 5.26 Å². The predicted octanol–water partition coefficient (Wildman–Crippen LogP) is 6.61. The lowest BCUT2D eigenvalue weighted by molar-refractivity contribution is 0.314. The molecule has 4 rings (SSSR count). The van der Waals surface area contributed by atoms with E-state index >= 15 is 0 Å². The molecule has 35 heavy (non-hydrogen) atoms. The van der Waals surface area contributed by atoms with Gasteiger partial charge in [-0.2, -0.15) is 5.26 Å². The minimum Gasteiger partial charge on any atom is -0.497 e. The summed E-state index contributed by atoms with van der Waals surface area (Å²) in [5.41, 5.74) is 7.30. The molecule has 1 aliphatic heterocycles. The minimum absolute atomic E-state index is 0.697. The maximum absolute atomic E-state index is 9.46. The van der Waals surface area contributed by atoms with Gasteiger partial charge in [0.1, 0.15) is 5.75 Å². The van der Waals surface area contributed by atoms with E-state index in [-0.39, 0.29) is 0 Å². The highest BCUT2D eigenvalue weighted by molar-refractivity contribution is 5.96. The quantitative estimate of drug-likeness (QED) is 0.282. The number of benzene rings is 2. The third-order valence-electron chi connectivity index (χ3n) is 7.04. The van der Waals surface area contributed by atoms with E-state index in [1.54, 1.807) is 7.11 Å². The zero-order chi connectivity index (χ0) is 24.8. The number of ether oxygens (including phenoxy) is 1. The Bertz CT molecular complexity index is 1170. The van der Waals surface area contributed by atoms with Crippen molar-refractivity contribution < 1.29 is 4.74 Å². The van der Waals surface area contributed by atoms with Gasteiger partial charge in [0.05, 0.1) is 24.4 Å². The molecule has 1 heterocycles. The average molecular weight is 469 g/mol. The van der Waals surface area contributed by atoms with Crippen molar-refractivity contribution in [2.45, 2.75) is 52.4 Å². The van der Waals surface area contributed by atoms with Gasteiger partial charge >= 0.3 is 0 Å². The number of allylic oxidation sites excluding steroid dienone is 2. The number of hydrogen-bond donors (Lipinski definition) is 0. The number of aryl methyl sites for hydroxylation is 1. The second-order valence-corrected chi connectivity index (χ2v) is 9.55. The summed E-state index contributed by atoms with van der Waals surface area (Å²) in [4.78, 5) is 10.0. The minimum atomic E-state index is 0.697. The second kappa shape index (κ2) is 11.3. The Labute approximate surface area is 210 Å². The molecule has 1 saturated heterocycles. The van der Waals surface area contributed by atoms with Crippen LogP contribution in [-0.4, -0.2) is 43.0 Å². The van der Waals surface area contributed by atoms with Crippen LogP contribution in [0.4, 0.5) is 0 Å². The van der Waals surface area contributed by atoms with Crippen molar-refractivity contribution in [3.63, 3.8) is 0 Å². The van der Waals surface area contributed by atoms with Crippen LogP contribution in [0.15, 0.2) is 59.2 Å². The van der Waals surface area contributed by atoms with Crippen molar-refractivity contribution in [2.24, 2.45) is 4.99 Å². The lowest BCUT2D eigenvalue weighted by Crippen LogP contribution is -2.43. The van der Waals surface area contributed by atoms with E-state index < -0.39 is 0 Å². The first-order chi connectivity index (χ1) is 17.0. The molecule has 1 aliphatic carbocycles. The SMILES string of the molecule is COc1ccc(/C(C)=C(/N=C(N(C)C=C2CCC2)N2CCCCC2)c2ccc(C#N)c(C)c2)cc1. The molecular weight excluding hydrogens is 432 g/mol. The summed E-state index contributed by atoms with van der Waals surface area (Å²) in [6, 6.07) is 16.5. The van der Waals surface area contributed by atoms with Crippen LogP contribution >= 0.6 is 0 Å². The number of methoxy groups -OCH3 is 1. The molecule has 5 nitrogen and oxygen atoms in total. The van der Waals surface area contributed by atoms with Crippen LogP contribution in [0, 0.1) is 18.3 Å². The standard InChI is InChI=1S/C30H36N4O/c1-22-19-26(11-12-27(22)20-31)29(23(2)25-13-15-28(35-4)16-14-25)32-30(34-17-6-5-7-18-34)33(3)21-24-9-8-10-24/h11-16,19,21H,5-10,17-18H2,1-4H3/b29-23+,32-30?. The molecule has 0 unspecified atom stereocenters. The Balaban J connectivity index is 1.86. The molecule has 0 amide bonds. The molecule has 182 valence electrons. The normalized spacial score (nSPS) is 16.7. The van der Waals surface area contributed by atoms with E-state index in [0.717, 1.165) is 52.8 Å². The van der Waals surface area contributed by atoms with Crippen molar-refractivity contribution in [1.82, 2.24) is 9.80 Å². The molecule has 2 aliphatic rings. The lowest BCUT2D eigenvalue weighted by atomic mass is 9.93. The monoisotopic (exact) mass is 468 g/mol. The smallest absolute Gasteiger partial charge is 0.205 e. The Morgan fingerprint density at radius 2 is 1.71 bits per heavy atom. The van der Waals surface area contributed by atoms with E-state index in [9.17, 15) is 5.26 Å². The molecule has 0 spiro atoms. The summed E-state index contributed by atoms with van der Waals surface area (Å²) >= 11 is 0. The molecule has 0 radical (unpaired) electrons. The Kier molecular flexibility index (Phi) is 7.92. The van der Waals surface area contributed by atoms with Crippen LogP contribution in [-0.2, 0) is 0 Å². The molecule has 0 atom stereocenters. The molecule has 0 N–H and O–H groups in total. The van der Waals surface area contributed by atoms with E-state index in [4.69, 9.17) is 9.73 Å². The van der Waals surface area contributed by atoms with Crippen molar-refractivity contribution >= 4 is 17.2 Å². The first-order valence-electron chi connectivity index (χ1n) is 12.6. The zero-order valence-electron chi connectivity index (χ0n) is 21.5. The average Bonchev–Trinajstić information content (AvgIpc) is 2.87. The van der Waals surface area contributed by atoms with Crippen LogP contribution < -0.4 is 4.74 Å². The van der Waals surface area contributed by atoms with Crippen molar-refractivity contribution in [3.8, 4) is 11.8 Å². The summed E-state index contributed by atoms with van der Waals surface area (Å²) in [5.74, 6) is 1.83. The Morgan fingerprint density at radius 3 is 2.29 bits per heavy atom. The molecule has 0 bridgehead atoms. The maximum Gasteiger partial charge on any atom is 0.205 e. The number of guanidine groups is 1. The second-order valence-electron chi connectivity index (χ2n) is 9.55. The highest BCUT2D eigenvalue weighted by atomic mass is 16.5. The van der Waals surface area contributed by atoms with Gasteiger partial charge in [0.2, 0.25) is 5.96 Å². The molecule has 2 aromatic carbocycles. The van der Waals surface area contributed by atoms with Gasteiger partial charge in [-0.3, -0.25) is 0 Å². The van der Waals surface area contributed by atoms with Gasteiger partial charge < -0.3 is 14.5 Å². The number of nitriles is 1. The van der Waals surface area contributed by atoms with E-state index in [0.29, 0.717) is 5.56 Å². The van der Waals surface area contributed by atoms with E-state index in [2.05, 4.69) is 54.2 Å². The van der Waals surface area contributed by atoms with Gasteiger partial charge in [0, 0.05) is 31.9 Å². The van der Waals surface area contributed by atoms with Gasteiger partial charge in [0.25, 0.3) is 0 Å². The number of rotatable bonds is 5. The van der Waals surface area contributed by atoms with Gasteiger partial charge in [-0.05, 0) is 93.3 Å². The van der Waals surface area contributed by atoms with Gasteiger partial charge in [0.15, 0.2) is 0 Å². The van der Waals surface area contributed by atoms with Crippen molar-refractivity contribution in [2.75, 3.05) is 27.2 Å². The van der Waals surface area contributed by atoms with Crippen LogP contribution in [0.1, 0.15) is 67.7 Å². The van der Waals surface area contributed by atoms with Crippen LogP contribution in [0.5, 0.6) is 5.75 Å². The summed E-state index contributed by atoms with van der Waals surface area (Å²) < 4.78 is 5.37. The molecular formula is C30H36N4O. The number of likely N-dealkylation sites (tertiary alicyclic amines) is 1. The van der Waals surface area contributed by atoms with Crippen LogP contribution in [0.3, 0.4) is 0 Å². The molecule has 5 heteroatoms. The summed E-state index contributed by atoms with van der Waals surface area (Å²) in [6.45, 7) is 6.17. The lowest BCUT2D eigenvalue weighted by Gasteiger charge is -2.34. The Hall–Kier alpha value is -3.52. The summed E-state index contributed by atoms with van der Waals surface area (Å²) in [5, 5.41) is 9.46. The molecule has 1 saturated carbocycles. The topological polar surface area (TPSA) is 51.9 Å². The third-order valence-corrected chi connectivity index (χ3v) is 7.04. The summed E-state index contributed by atoms with van der Waals surface area (Å²) in [6.07, 6.45) is 9.58.